The molecule has 0 aliphatic carbocycles. The van der Waals surface area contributed by atoms with E-state index in [0.29, 0.717) is 6.42 Å². The number of hydrogen-bond donors (Lipinski definition) is 0. The first-order valence-corrected chi connectivity index (χ1v) is 3.54. The molecule has 0 aromatic heterocycles. The third kappa shape index (κ3) is 5.19. The van der Waals surface area contributed by atoms with E-state index >= 15 is 0 Å². The molecule has 0 aliphatic heterocycles. The minimum absolute atomic E-state index is 0.689. The minimum atomic E-state index is 0.689. The summed E-state index contributed by atoms with van der Waals surface area (Å²) < 4.78 is 0. The Morgan fingerprint density at radius 1 is 1.67 bits per heavy atom. The summed E-state index contributed by atoms with van der Waals surface area (Å²) in [6.45, 7) is 3.43. The zero-order valence-corrected chi connectivity index (χ0v) is 7.20. The van der Waals surface area contributed by atoms with E-state index < -0.39 is 0 Å². The largest absolute Gasteiger partial charge is 0.300 e. The van der Waals surface area contributed by atoms with E-state index in [-0.39, 0.29) is 0 Å². The number of hydrogen-bond acceptors (Lipinski definition) is 2. The van der Waals surface area contributed by atoms with Crippen LogP contribution in [0.5, 0.6) is 0 Å². The summed E-state index contributed by atoms with van der Waals surface area (Å²) in [5.74, 6) is 2.38. The van der Waals surface area contributed by atoms with Crippen LogP contribution < -0.4 is 0 Å². The monoisotopic (exact) mass is 160 g/mol. The Morgan fingerprint density at radius 3 is 2.92 bits per heavy atom. The lowest BCUT2D eigenvalue weighted by Crippen LogP contribution is -1.79. The lowest BCUT2D eigenvalue weighted by atomic mass is 10.3. The molecule has 0 rings (SSSR count). The molecule has 0 aromatic rings. The van der Waals surface area contributed by atoms with Gasteiger partial charge in [-0.15, -0.1) is 6.42 Å². The summed E-state index contributed by atoms with van der Waals surface area (Å²) in [5, 5.41) is 0. The molecule has 0 spiro atoms. The lowest BCUT2D eigenvalue weighted by molar-refractivity contribution is 1.23. The fraction of sp³-hybridized carbons (Fsp3) is 0.200. The van der Waals surface area contributed by atoms with E-state index in [1.807, 2.05) is 6.08 Å². The average molecular weight is 160 g/mol. The summed E-state index contributed by atoms with van der Waals surface area (Å²) in [4.78, 5) is 7.63. The van der Waals surface area contributed by atoms with Crippen molar-refractivity contribution in [1.82, 2.24) is 0 Å². The van der Waals surface area contributed by atoms with E-state index in [1.165, 1.54) is 0 Å². The maximum Gasteiger partial charge on any atom is 0.0449 e. The Morgan fingerprint density at radius 2 is 2.42 bits per heavy atom. The number of nitrogens with zero attached hydrogens (tertiary/aromatic N) is 2. The van der Waals surface area contributed by atoms with Crippen LogP contribution in [0.25, 0.3) is 0 Å². The van der Waals surface area contributed by atoms with Crippen molar-refractivity contribution in [2.75, 3.05) is 7.05 Å². The van der Waals surface area contributed by atoms with Crippen molar-refractivity contribution in [3.8, 4) is 12.3 Å². The normalized spacial score (nSPS) is 12.2. The molecule has 0 saturated carbocycles. The van der Waals surface area contributed by atoms with Crippen LogP contribution >= 0.6 is 0 Å². The van der Waals surface area contributed by atoms with E-state index in [4.69, 9.17) is 6.42 Å². The minimum Gasteiger partial charge on any atom is -0.300 e. The van der Waals surface area contributed by atoms with Crippen LogP contribution in [0.3, 0.4) is 0 Å². The molecule has 0 N–H and O–H groups in total. The van der Waals surface area contributed by atoms with Gasteiger partial charge in [-0.25, -0.2) is 0 Å². The molecule has 12 heavy (non-hydrogen) atoms. The second-order valence-corrected chi connectivity index (χ2v) is 1.99. The first-order valence-electron chi connectivity index (χ1n) is 3.54. The summed E-state index contributed by atoms with van der Waals surface area (Å²) in [6, 6.07) is 0. The lowest BCUT2D eigenvalue weighted by Gasteiger charge is -1.91. The Balaban J connectivity index is 4.15. The van der Waals surface area contributed by atoms with E-state index in [2.05, 4.69) is 22.6 Å². The zero-order valence-electron chi connectivity index (χ0n) is 7.20. The fourth-order valence-electron chi connectivity index (χ4n) is 0.585. The maximum atomic E-state index is 5.02. The maximum absolute atomic E-state index is 5.02. The van der Waals surface area contributed by atoms with Gasteiger partial charge in [0, 0.05) is 25.4 Å². The number of rotatable bonds is 4. The Hall–Kier alpha value is -1.62. The zero-order chi connectivity index (χ0) is 9.23. The van der Waals surface area contributed by atoms with Gasteiger partial charge in [0.1, 0.15) is 0 Å². The van der Waals surface area contributed by atoms with E-state index in [0.717, 1.165) is 5.70 Å². The van der Waals surface area contributed by atoms with Crippen LogP contribution in [0.15, 0.2) is 33.9 Å². The highest BCUT2D eigenvalue weighted by molar-refractivity contribution is 5.61. The van der Waals surface area contributed by atoms with Gasteiger partial charge in [-0.1, -0.05) is 12.0 Å². The summed E-state index contributed by atoms with van der Waals surface area (Å²) >= 11 is 0. The third-order valence-corrected chi connectivity index (χ3v) is 1.17. The molecular formula is C10H12N2. The van der Waals surface area contributed by atoms with Crippen molar-refractivity contribution in [3.63, 3.8) is 0 Å². The molecular weight excluding hydrogens is 148 g/mol. The standard InChI is InChI=1S/C10H12N2/c1-4-5-6-7-10(12-3)8-9-11-2/h1,5-7,9H,3,8H2,2H3/b6-5-,10-7+,11-9-. The highest BCUT2D eigenvalue weighted by Gasteiger charge is 1.85. The van der Waals surface area contributed by atoms with Gasteiger partial charge in [0.05, 0.1) is 0 Å². The van der Waals surface area contributed by atoms with Crippen molar-refractivity contribution in [3.05, 3.63) is 23.9 Å². The third-order valence-electron chi connectivity index (χ3n) is 1.17. The van der Waals surface area contributed by atoms with Gasteiger partial charge in [-0.3, -0.25) is 4.99 Å². The second kappa shape index (κ2) is 7.49. The smallest absolute Gasteiger partial charge is 0.0449 e. The van der Waals surface area contributed by atoms with Gasteiger partial charge in [-0.2, -0.15) is 0 Å². The average Bonchev–Trinajstić information content (AvgIpc) is 2.11. The van der Waals surface area contributed by atoms with Gasteiger partial charge in [0.25, 0.3) is 0 Å². The highest BCUT2D eigenvalue weighted by atomic mass is 14.7. The van der Waals surface area contributed by atoms with Crippen molar-refractivity contribution >= 4 is 12.9 Å². The summed E-state index contributed by atoms with van der Waals surface area (Å²) in [5.41, 5.74) is 0.854. The molecule has 0 aliphatic rings. The van der Waals surface area contributed by atoms with Crippen LogP contribution in [0, 0.1) is 12.3 Å². The van der Waals surface area contributed by atoms with Crippen LogP contribution in [-0.2, 0) is 0 Å². The molecule has 2 nitrogen and oxygen atoms in total. The van der Waals surface area contributed by atoms with E-state index in [1.54, 1.807) is 25.4 Å². The van der Waals surface area contributed by atoms with E-state index in [9.17, 15) is 0 Å². The van der Waals surface area contributed by atoms with Gasteiger partial charge < -0.3 is 4.99 Å². The van der Waals surface area contributed by atoms with Gasteiger partial charge in [0.15, 0.2) is 0 Å². The molecule has 0 bridgehead atoms. The molecule has 0 saturated heterocycles. The summed E-state index contributed by atoms with van der Waals surface area (Å²) in [7, 11) is 1.72. The molecule has 0 unspecified atom stereocenters. The molecule has 0 atom stereocenters. The fourth-order valence-corrected chi connectivity index (χ4v) is 0.585. The number of allylic oxidation sites excluding steroid dienone is 4. The van der Waals surface area contributed by atoms with Crippen molar-refractivity contribution in [2.45, 2.75) is 6.42 Å². The predicted octanol–water partition coefficient (Wildman–Crippen LogP) is 1.85. The quantitative estimate of drug-likeness (QED) is 0.340. The van der Waals surface area contributed by atoms with Gasteiger partial charge in [-0.05, 0) is 18.9 Å². The van der Waals surface area contributed by atoms with Crippen LogP contribution in [0.2, 0.25) is 0 Å². The van der Waals surface area contributed by atoms with Crippen molar-refractivity contribution in [2.24, 2.45) is 9.98 Å². The van der Waals surface area contributed by atoms with Crippen molar-refractivity contribution < 1.29 is 0 Å². The predicted molar refractivity (Wildman–Crippen MR) is 54.6 cm³/mol. The van der Waals surface area contributed by atoms with Crippen LogP contribution in [0.4, 0.5) is 0 Å². The Labute approximate surface area is 73.4 Å². The molecule has 2 heteroatoms. The first kappa shape index (κ1) is 10.4. The molecule has 0 fully saturated rings. The topological polar surface area (TPSA) is 24.7 Å². The molecule has 0 heterocycles. The first-order chi connectivity index (χ1) is 5.85. The summed E-state index contributed by atoms with van der Waals surface area (Å²) in [6.07, 6.45) is 12.7. The molecule has 0 aromatic carbocycles. The number of aliphatic imine (C=N–C) groups is 2. The van der Waals surface area contributed by atoms with Gasteiger partial charge >= 0.3 is 0 Å². The highest BCUT2D eigenvalue weighted by Crippen LogP contribution is 1.99. The molecule has 0 amide bonds. The van der Waals surface area contributed by atoms with Crippen LogP contribution in [-0.4, -0.2) is 20.0 Å². The SMILES string of the molecule is C#C/C=C\C=C(/C/C=N\C)N=C. The molecule has 62 valence electrons. The van der Waals surface area contributed by atoms with Gasteiger partial charge in [0.2, 0.25) is 0 Å². The second-order valence-electron chi connectivity index (χ2n) is 1.99. The number of terminal acetylenes is 1. The Kier molecular flexibility index (Phi) is 6.48. The Bertz CT molecular complexity index is 252. The van der Waals surface area contributed by atoms with Crippen LogP contribution in [0.1, 0.15) is 6.42 Å². The van der Waals surface area contributed by atoms with Crippen molar-refractivity contribution in [1.29, 1.82) is 0 Å². The molecule has 0 radical (unpaired) electrons.